The van der Waals surface area contributed by atoms with Crippen LogP contribution in [0.1, 0.15) is 22.3 Å². The van der Waals surface area contributed by atoms with E-state index in [0.717, 1.165) is 22.3 Å². The second-order valence-electron chi connectivity index (χ2n) is 6.97. The number of ether oxygens (including phenoxy) is 2. The molecule has 0 amide bonds. The Labute approximate surface area is 181 Å². The maximum Gasteiger partial charge on any atom is 0.310 e. The van der Waals surface area contributed by atoms with Gasteiger partial charge in [0.2, 0.25) is 0 Å². The van der Waals surface area contributed by atoms with Crippen LogP contribution in [0.15, 0.2) is 78.9 Å². The van der Waals surface area contributed by atoms with Gasteiger partial charge in [-0.3, -0.25) is 9.59 Å². The molecule has 4 nitrogen and oxygen atoms in total. The molecule has 3 aromatic carbocycles. The van der Waals surface area contributed by atoms with Crippen molar-refractivity contribution in [2.24, 2.45) is 0 Å². The fraction of sp³-hybridized carbons (Fsp3) is 0.200. The van der Waals surface area contributed by atoms with Gasteiger partial charge in [0.25, 0.3) is 0 Å². The van der Waals surface area contributed by atoms with Crippen molar-refractivity contribution in [1.29, 1.82) is 0 Å². The third-order valence-electron chi connectivity index (χ3n) is 4.51. The van der Waals surface area contributed by atoms with Gasteiger partial charge in [-0.15, -0.1) is 0 Å². The van der Waals surface area contributed by atoms with Crippen LogP contribution >= 0.6 is 11.6 Å². The van der Waals surface area contributed by atoms with Gasteiger partial charge in [-0.1, -0.05) is 78.3 Å². The topological polar surface area (TPSA) is 52.6 Å². The fourth-order valence-electron chi connectivity index (χ4n) is 3.01. The molecule has 154 valence electrons. The van der Waals surface area contributed by atoms with E-state index in [1.165, 1.54) is 0 Å². The number of halogens is 1. The lowest BCUT2D eigenvalue weighted by molar-refractivity contribution is -0.150. The van der Waals surface area contributed by atoms with Gasteiger partial charge in [0.1, 0.15) is 0 Å². The molecule has 0 aliphatic carbocycles. The van der Waals surface area contributed by atoms with E-state index in [-0.39, 0.29) is 6.42 Å². The van der Waals surface area contributed by atoms with Crippen LogP contribution in [0, 0.1) is 0 Å². The summed E-state index contributed by atoms with van der Waals surface area (Å²) in [6.45, 7) is 1.05. The number of esters is 1. The second-order valence-corrected chi connectivity index (χ2v) is 7.41. The minimum absolute atomic E-state index is 0.0720. The first-order valence-corrected chi connectivity index (χ1v) is 10.1. The molecule has 0 fully saturated rings. The highest BCUT2D eigenvalue weighted by atomic mass is 35.5. The van der Waals surface area contributed by atoms with Crippen LogP contribution < -0.4 is 0 Å². The Morgan fingerprint density at radius 2 is 1.47 bits per heavy atom. The Morgan fingerprint density at radius 1 is 0.833 bits per heavy atom. The lowest BCUT2D eigenvalue weighted by Gasteiger charge is -2.13. The summed E-state index contributed by atoms with van der Waals surface area (Å²) in [5.41, 5.74) is 3.82. The highest BCUT2D eigenvalue weighted by Crippen LogP contribution is 2.13. The maximum absolute atomic E-state index is 12.1. The van der Waals surface area contributed by atoms with Crippen LogP contribution in [0.4, 0.5) is 0 Å². The SMILES string of the molecule is O=CC(Cc1ccc(COCc2ccccc2)cc1)OC(=O)Cc1cccc(Cl)c1. The van der Waals surface area contributed by atoms with Gasteiger partial charge in [0, 0.05) is 11.4 Å². The van der Waals surface area contributed by atoms with Gasteiger partial charge in [0.05, 0.1) is 19.6 Å². The van der Waals surface area contributed by atoms with Gasteiger partial charge in [-0.05, 0) is 34.4 Å². The Bertz CT molecular complexity index is 954. The summed E-state index contributed by atoms with van der Waals surface area (Å²) in [4.78, 5) is 23.5. The van der Waals surface area contributed by atoms with E-state index in [1.54, 1.807) is 24.3 Å². The van der Waals surface area contributed by atoms with Crippen LogP contribution in [0.3, 0.4) is 0 Å². The summed E-state index contributed by atoms with van der Waals surface area (Å²) in [5.74, 6) is -0.458. The molecule has 0 bridgehead atoms. The molecule has 30 heavy (non-hydrogen) atoms. The summed E-state index contributed by atoms with van der Waals surface area (Å²) in [6.07, 6.45) is 0.238. The quantitative estimate of drug-likeness (QED) is 0.342. The molecule has 0 heterocycles. The Morgan fingerprint density at radius 3 is 2.13 bits per heavy atom. The number of hydrogen-bond acceptors (Lipinski definition) is 4. The molecule has 0 aliphatic rings. The molecular weight excluding hydrogens is 400 g/mol. The summed E-state index contributed by atoms with van der Waals surface area (Å²) >= 11 is 5.93. The average Bonchev–Trinajstić information content (AvgIpc) is 2.75. The van der Waals surface area contributed by atoms with Crippen molar-refractivity contribution < 1.29 is 19.1 Å². The van der Waals surface area contributed by atoms with Crippen molar-refractivity contribution in [3.05, 3.63) is 106 Å². The lowest BCUT2D eigenvalue weighted by Crippen LogP contribution is -2.23. The van der Waals surface area contributed by atoms with Crippen molar-refractivity contribution in [3.8, 4) is 0 Å². The first kappa shape index (κ1) is 21.8. The highest BCUT2D eigenvalue weighted by Gasteiger charge is 2.15. The Kier molecular flexibility index (Phi) is 8.19. The molecule has 0 aliphatic heterocycles. The zero-order chi connectivity index (χ0) is 21.2. The molecule has 5 heteroatoms. The van der Waals surface area contributed by atoms with Gasteiger partial charge in [-0.25, -0.2) is 0 Å². The van der Waals surface area contributed by atoms with Gasteiger partial charge in [-0.2, -0.15) is 0 Å². The van der Waals surface area contributed by atoms with Gasteiger partial charge in [0.15, 0.2) is 12.4 Å². The molecule has 1 unspecified atom stereocenters. The van der Waals surface area contributed by atoms with Crippen molar-refractivity contribution in [2.75, 3.05) is 0 Å². The predicted octanol–water partition coefficient (Wildman–Crippen LogP) is 4.95. The Hall–Kier alpha value is -2.95. The van der Waals surface area contributed by atoms with Crippen molar-refractivity contribution in [3.63, 3.8) is 0 Å². The number of carbonyl (C=O) groups is 2. The number of carbonyl (C=O) groups excluding carboxylic acids is 2. The number of hydrogen-bond donors (Lipinski definition) is 0. The predicted molar refractivity (Wildman–Crippen MR) is 116 cm³/mol. The van der Waals surface area contributed by atoms with E-state index < -0.39 is 12.1 Å². The zero-order valence-electron chi connectivity index (χ0n) is 16.5. The first-order chi connectivity index (χ1) is 14.6. The van der Waals surface area contributed by atoms with Crippen LogP contribution in [0.2, 0.25) is 5.02 Å². The van der Waals surface area contributed by atoms with Crippen molar-refractivity contribution in [1.82, 2.24) is 0 Å². The lowest BCUT2D eigenvalue weighted by atomic mass is 10.1. The summed E-state index contributed by atoms with van der Waals surface area (Å²) in [5, 5.41) is 0.556. The molecule has 0 saturated carbocycles. The average molecular weight is 423 g/mol. The first-order valence-electron chi connectivity index (χ1n) is 9.71. The van der Waals surface area contributed by atoms with E-state index >= 15 is 0 Å². The van der Waals surface area contributed by atoms with Crippen LogP contribution in [0.25, 0.3) is 0 Å². The molecule has 0 spiro atoms. The van der Waals surface area contributed by atoms with Crippen LogP contribution in [-0.2, 0) is 45.1 Å². The molecule has 3 aromatic rings. The largest absolute Gasteiger partial charge is 0.454 e. The number of benzene rings is 3. The molecule has 3 rings (SSSR count). The van der Waals surface area contributed by atoms with Crippen molar-refractivity contribution >= 4 is 23.9 Å². The minimum atomic E-state index is -0.822. The normalized spacial score (nSPS) is 11.6. The summed E-state index contributed by atoms with van der Waals surface area (Å²) in [6, 6.07) is 24.7. The van der Waals surface area contributed by atoms with E-state index in [2.05, 4.69) is 0 Å². The molecule has 0 saturated heterocycles. The third-order valence-corrected chi connectivity index (χ3v) is 4.75. The standard InChI is InChI=1S/C25H23ClO4/c26-23-8-4-7-22(13-23)15-25(28)30-24(16-27)14-19-9-11-21(12-10-19)18-29-17-20-5-2-1-3-6-20/h1-13,16,24H,14-15,17-18H2. The molecular formula is C25H23ClO4. The minimum Gasteiger partial charge on any atom is -0.454 e. The summed E-state index contributed by atoms with van der Waals surface area (Å²) in [7, 11) is 0. The maximum atomic E-state index is 12.1. The third kappa shape index (κ3) is 7.14. The molecule has 0 aromatic heterocycles. The second kappa shape index (κ2) is 11.3. The van der Waals surface area contributed by atoms with E-state index in [4.69, 9.17) is 21.1 Å². The fourth-order valence-corrected chi connectivity index (χ4v) is 3.22. The van der Waals surface area contributed by atoms with E-state index in [0.29, 0.717) is 30.9 Å². The highest BCUT2D eigenvalue weighted by molar-refractivity contribution is 6.30. The Balaban J connectivity index is 1.46. The molecule has 0 radical (unpaired) electrons. The number of aldehydes is 1. The van der Waals surface area contributed by atoms with Gasteiger partial charge >= 0.3 is 5.97 Å². The number of rotatable bonds is 10. The smallest absolute Gasteiger partial charge is 0.310 e. The van der Waals surface area contributed by atoms with Crippen LogP contribution in [-0.4, -0.2) is 18.4 Å². The van der Waals surface area contributed by atoms with E-state index in [9.17, 15) is 9.59 Å². The van der Waals surface area contributed by atoms with E-state index in [1.807, 2.05) is 54.6 Å². The van der Waals surface area contributed by atoms with Crippen molar-refractivity contribution in [2.45, 2.75) is 32.2 Å². The summed E-state index contributed by atoms with van der Waals surface area (Å²) < 4.78 is 11.0. The monoisotopic (exact) mass is 422 g/mol. The van der Waals surface area contributed by atoms with Gasteiger partial charge < -0.3 is 9.47 Å². The molecule has 1 atom stereocenters. The molecule has 0 N–H and O–H groups in total. The zero-order valence-corrected chi connectivity index (χ0v) is 17.3. The van der Waals surface area contributed by atoms with Crippen LogP contribution in [0.5, 0.6) is 0 Å².